The van der Waals surface area contributed by atoms with Gasteiger partial charge in [0.25, 0.3) is 0 Å². The first-order valence-corrected chi connectivity index (χ1v) is 7.97. The summed E-state index contributed by atoms with van der Waals surface area (Å²) < 4.78 is 4.90. The molecular weight excluding hydrogens is 308 g/mol. The van der Waals surface area contributed by atoms with Crippen molar-refractivity contribution in [3.8, 4) is 0 Å². The summed E-state index contributed by atoms with van der Waals surface area (Å²) in [5.74, 6) is -0.189. The Kier molecular flexibility index (Phi) is 5.59. The van der Waals surface area contributed by atoms with Gasteiger partial charge in [-0.3, -0.25) is 4.79 Å². The van der Waals surface area contributed by atoms with Crippen LogP contribution in [0.5, 0.6) is 0 Å². The molecule has 6 heteroatoms. The number of thiazole rings is 1. The average Bonchev–Trinajstić information content (AvgIpc) is 2.89. The Morgan fingerprint density at radius 2 is 2.29 bits per heavy atom. The highest BCUT2D eigenvalue weighted by molar-refractivity contribution is 7.13. The number of anilines is 2. The fourth-order valence-electron chi connectivity index (χ4n) is 1.79. The first-order chi connectivity index (χ1) is 10.1. The first-order valence-electron chi connectivity index (χ1n) is 6.71. The third-order valence-electron chi connectivity index (χ3n) is 2.88. The van der Waals surface area contributed by atoms with Crippen molar-refractivity contribution in [3.63, 3.8) is 0 Å². The van der Waals surface area contributed by atoms with Gasteiger partial charge < -0.3 is 10.1 Å². The smallest absolute Gasteiger partial charge is 0.306 e. The van der Waals surface area contributed by atoms with Crippen LogP contribution in [0.3, 0.4) is 0 Å². The van der Waals surface area contributed by atoms with Gasteiger partial charge in [-0.1, -0.05) is 17.7 Å². The molecule has 1 aromatic carbocycles. The second-order valence-corrected chi connectivity index (χ2v) is 5.83. The first kappa shape index (κ1) is 15.8. The number of carbonyl (C=O) groups is 1. The summed E-state index contributed by atoms with van der Waals surface area (Å²) in [5.41, 5.74) is 2.92. The number of nitrogens with one attached hydrogen (secondary N) is 1. The van der Waals surface area contributed by atoms with Gasteiger partial charge in [-0.05, 0) is 31.5 Å². The molecule has 0 spiro atoms. The van der Waals surface area contributed by atoms with Crippen LogP contribution in [-0.4, -0.2) is 17.6 Å². The average molecular weight is 325 g/mol. The summed E-state index contributed by atoms with van der Waals surface area (Å²) in [6.45, 7) is 4.22. The van der Waals surface area contributed by atoms with Gasteiger partial charge in [0.1, 0.15) is 0 Å². The molecule has 0 aliphatic carbocycles. The molecule has 1 aromatic heterocycles. The molecule has 0 aliphatic heterocycles. The van der Waals surface area contributed by atoms with Crippen molar-refractivity contribution in [3.05, 3.63) is 39.9 Å². The fourth-order valence-corrected chi connectivity index (χ4v) is 2.72. The van der Waals surface area contributed by atoms with E-state index in [0.717, 1.165) is 22.1 Å². The molecule has 0 fully saturated rings. The molecule has 2 rings (SSSR count). The number of halogens is 1. The molecule has 2 aromatic rings. The highest BCUT2D eigenvalue weighted by atomic mass is 35.5. The monoisotopic (exact) mass is 324 g/mol. The van der Waals surface area contributed by atoms with E-state index in [0.29, 0.717) is 24.5 Å². The third-order valence-corrected chi connectivity index (χ3v) is 3.93. The molecule has 4 nitrogen and oxygen atoms in total. The van der Waals surface area contributed by atoms with Crippen molar-refractivity contribution in [1.29, 1.82) is 0 Å². The molecule has 0 bridgehead atoms. The van der Waals surface area contributed by atoms with Gasteiger partial charge in [0.15, 0.2) is 5.13 Å². The number of rotatable bonds is 6. The second kappa shape index (κ2) is 7.43. The third kappa shape index (κ3) is 4.72. The van der Waals surface area contributed by atoms with Crippen LogP contribution >= 0.6 is 22.9 Å². The van der Waals surface area contributed by atoms with E-state index in [1.54, 1.807) is 6.92 Å². The molecule has 0 unspecified atom stereocenters. The standard InChI is InChI=1S/C15H17ClN2O2S/c1-3-20-14(19)7-6-12-9-21-15(17-12)18-13-8-11(16)5-4-10(13)2/h4-5,8-9H,3,6-7H2,1-2H3,(H,17,18). The molecule has 0 aliphatic rings. The topological polar surface area (TPSA) is 51.2 Å². The van der Waals surface area contributed by atoms with Gasteiger partial charge in [0.05, 0.1) is 18.7 Å². The van der Waals surface area contributed by atoms with Gasteiger partial charge in [-0.2, -0.15) is 0 Å². The van der Waals surface area contributed by atoms with Crippen LogP contribution in [0.15, 0.2) is 23.6 Å². The van der Waals surface area contributed by atoms with Crippen LogP contribution in [0.4, 0.5) is 10.8 Å². The summed E-state index contributed by atoms with van der Waals surface area (Å²) in [5, 5.41) is 6.67. The molecular formula is C15H17ClN2O2S. The Bertz CT molecular complexity index is 628. The van der Waals surface area contributed by atoms with E-state index in [2.05, 4.69) is 10.3 Å². The van der Waals surface area contributed by atoms with E-state index >= 15 is 0 Å². The normalized spacial score (nSPS) is 10.4. The van der Waals surface area contributed by atoms with Crippen LogP contribution < -0.4 is 5.32 Å². The molecule has 0 amide bonds. The predicted octanol–water partition coefficient (Wildman–Crippen LogP) is 4.34. The van der Waals surface area contributed by atoms with Crippen molar-refractivity contribution in [2.45, 2.75) is 26.7 Å². The zero-order valence-electron chi connectivity index (χ0n) is 12.0. The maximum Gasteiger partial charge on any atom is 0.306 e. The molecule has 0 atom stereocenters. The zero-order chi connectivity index (χ0) is 15.2. The molecule has 1 heterocycles. The number of aryl methyl sites for hydroxylation is 2. The van der Waals surface area contributed by atoms with Crippen LogP contribution in [0.1, 0.15) is 24.6 Å². The number of hydrogen-bond acceptors (Lipinski definition) is 5. The van der Waals surface area contributed by atoms with Gasteiger partial charge in [-0.15, -0.1) is 11.3 Å². The van der Waals surface area contributed by atoms with Crippen molar-refractivity contribution in [2.75, 3.05) is 11.9 Å². The minimum atomic E-state index is -0.189. The molecule has 0 saturated carbocycles. The zero-order valence-corrected chi connectivity index (χ0v) is 13.6. The summed E-state index contributed by atoms with van der Waals surface area (Å²) in [7, 11) is 0. The lowest BCUT2D eigenvalue weighted by atomic mass is 10.2. The minimum absolute atomic E-state index is 0.189. The van der Waals surface area contributed by atoms with E-state index in [1.807, 2.05) is 30.5 Å². The highest BCUT2D eigenvalue weighted by Gasteiger charge is 2.07. The lowest BCUT2D eigenvalue weighted by Gasteiger charge is -2.06. The van der Waals surface area contributed by atoms with Crippen LogP contribution in [0.2, 0.25) is 5.02 Å². The van der Waals surface area contributed by atoms with E-state index in [-0.39, 0.29) is 5.97 Å². The Labute approximate surface area is 133 Å². The van der Waals surface area contributed by atoms with Gasteiger partial charge in [0.2, 0.25) is 0 Å². The molecule has 0 radical (unpaired) electrons. The minimum Gasteiger partial charge on any atom is -0.466 e. The van der Waals surface area contributed by atoms with Crippen molar-refractivity contribution >= 4 is 39.7 Å². The van der Waals surface area contributed by atoms with Crippen LogP contribution in [0, 0.1) is 6.92 Å². The number of ether oxygens (including phenoxy) is 1. The van der Waals surface area contributed by atoms with E-state index in [4.69, 9.17) is 16.3 Å². The second-order valence-electron chi connectivity index (χ2n) is 4.53. The lowest BCUT2D eigenvalue weighted by Crippen LogP contribution is -2.05. The van der Waals surface area contributed by atoms with E-state index in [1.165, 1.54) is 11.3 Å². The van der Waals surface area contributed by atoms with Crippen LogP contribution in [0.25, 0.3) is 0 Å². The number of aromatic nitrogens is 1. The van der Waals surface area contributed by atoms with Gasteiger partial charge in [0, 0.05) is 22.5 Å². The SMILES string of the molecule is CCOC(=O)CCc1csc(Nc2cc(Cl)ccc2C)n1. The Hall–Kier alpha value is -1.59. The largest absolute Gasteiger partial charge is 0.466 e. The number of carbonyl (C=O) groups excluding carboxylic acids is 1. The predicted molar refractivity (Wildman–Crippen MR) is 86.5 cm³/mol. The van der Waals surface area contributed by atoms with E-state index < -0.39 is 0 Å². The number of esters is 1. The Morgan fingerprint density at radius 3 is 3.05 bits per heavy atom. The van der Waals surface area contributed by atoms with Gasteiger partial charge >= 0.3 is 5.97 Å². The van der Waals surface area contributed by atoms with Crippen LogP contribution in [-0.2, 0) is 16.0 Å². The fraction of sp³-hybridized carbons (Fsp3) is 0.333. The van der Waals surface area contributed by atoms with Crippen molar-refractivity contribution in [1.82, 2.24) is 4.98 Å². The summed E-state index contributed by atoms with van der Waals surface area (Å²) in [4.78, 5) is 15.8. The highest BCUT2D eigenvalue weighted by Crippen LogP contribution is 2.26. The molecule has 112 valence electrons. The quantitative estimate of drug-likeness (QED) is 0.803. The number of nitrogens with zero attached hydrogens (tertiary/aromatic N) is 1. The number of hydrogen-bond donors (Lipinski definition) is 1. The maximum atomic E-state index is 11.3. The van der Waals surface area contributed by atoms with Crippen molar-refractivity contribution < 1.29 is 9.53 Å². The maximum absolute atomic E-state index is 11.3. The molecule has 21 heavy (non-hydrogen) atoms. The van der Waals surface area contributed by atoms with Crippen molar-refractivity contribution in [2.24, 2.45) is 0 Å². The molecule has 1 N–H and O–H groups in total. The van der Waals surface area contributed by atoms with Gasteiger partial charge in [-0.25, -0.2) is 4.98 Å². The summed E-state index contributed by atoms with van der Waals surface area (Å²) in [6.07, 6.45) is 0.943. The summed E-state index contributed by atoms with van der Waals surface area (Å²) >= 11 is 7.50. The number of benzene rings is 1. The Morgan fingerprint density at radius 1 is 1.48 bits per heavy atom. The molecule has 0 saturated heterocycles. The Balaban J connectivity index is 1.97. The lowest BCUT2D eigenvalue weighted by molar-refractivity contribution is -0.143. The summed E-state index contributed by atoms with van der Waals surface area (Å²) in [6, 6.07) is 5.69. The van der Waals surface area contributed by atoms with E-state index in [9.17, 15) is 4.79 Å².